The maximum Gasteiger partial charge on any atom is 0.282 e. The molecule has 0 atom stereocenters. The van der Waals surface area contributed by atoms with Crippen LogP contribution in [-0.4, -0.2) is 56.1 Å². The summed E-state index contributed by atoms with van der Waals surface area (Å²) in [4.78, 5) is 32.9. The van der Waals surface area contributed by atoms with Gasteiger partial charge < -0.3 is 14.5 Å². The van der Waals surface area contributed by atoms with Crippen LogP contribution in [0.1, 0.15) is 30.5 Å². The highest BCUT2D eigenvalue weighted by atomic mass is 16.5. The van der Waals surface area contributed by atoms with E-state index >= 15 is 0 Å². The maximum atomic E-state index is 13.7. The molecular weight excluding hydrogens is 402 g/mol. The van der Waals surface area contributed by atoms with E-state index in [2.05, 4.69) is 24.8 Å². The molecule has 6 heteroatoms. The van der Waals surface area contributed by atoms with Gasteiger partial charge in [0.25, 0.3) is 11.8 Å². The highest BCUT2D eigenvalue weighted by molar-refractivity contribution is 6.45. The minimum atomic E-state index is -0.265. The van der Waals surface area contributed by atoms with E-state index in [-0.39, 0.29) is 11.8 Å². The second-order valence-corrected chi connectivity index (χ2v) is 8.28. The molecule has 0 radical (unpaired) electrons. The molecule has 1 fully saturated rings. The van der Waals surface area contributed by atoms with Crippen LogP contribution in [0, 0.1) is 13.8 Å². The van der Waals surface area contributed by atoms with Gasteiger partial charge >= 0.3 is 0 Å². The van der Waals surface area contributed by atoms with E-state index in [0.29, 0.717) is 43.3 Å². The summed E-state index contributed by atoms with van der Waals surface area (Å²) < 4.78 is 5.49. The fourth-order valence-corrected chi connectivity index (χ4v) is 4.57. The molecule has 2 amide bonds. The monoisotopic (exact) mass is 433 g/mol. The van der Waals surface area contributed by atoms with Gasteiger partial charge in [-0.25, -0.2) is 4.90 Å². The van der Waals surface area contributed by atoms with Gasteiger partial charge in [0.05, 0.1) is 24.5 Å². The zero-order valence-corrected chi connectivity index (χ0v) is 19.4. The molecule has 2 aromatic rings. The van der Waals surface area contributed by atoms with Gasteiger partial charge in [0.1, 0.15) is 5.70 Å². The Bertz CT molecular complexity index is 1050. The fourth-order valence-electron chi connectivity index (χ4n) is 4.57. The van der Waals surface area contributed by atoms with E-state index in [1.165, 1.54) is 4.90 Å². The van der Waals surface area contributed by atoms with Crippen LogP contribution in [0.25, 0.3) is 5.57 Å². The van der Waals surface area contributed by atoms with E-state index in [0.717, 1.165) is 35.5 Å². The third-order valence-electron chi connectivity index (χ3n) is 6.27. The molecule has 0 saturated carbocycles. The first-order valence-corrected chi connectivity index (χ1v) is 11.3. The van der Waals surface area contributed by atoms with Gasteiger partial charge in [-0.05, 0) is 63.1 Å². The number of nitrogens with zero attached hydrogens (tertiary/aromatic N) is 3. The first-order chi connectivity index (χ1) is 15.5. The summed E-state index contributed by atoms with van der Waals surface area (Å²) >= 11 is 0. The molecule has 1 saturated heterocycles. The summed E-state index contributed by atoms with van der Waals surface area (Å²) in [5.74, 6) is -0.526. The predicted molar refractivity (Wildman–Crippen MR) is 128 cm³/mol. The first kappa shape index (κ1) is 22.1. The summed E-state index contributed by atoms with van der Waals surface area (Å²) in [5.41, 5.74) is 5.58. The van der Waals surface area contributed by atoms with Crippen LogP contribution < -0.4 is 9.80 Å². The third-order valence-corrected chi connectivity index (χ3v) is 6.27. The number of hydrogen-bond acceptors (Lipinski definition) is 5. The van der Waals surface area contributed by atoms with Crippen LogP contribution in [-0.2, 0) is 14.3 Å². The lowest BCUT2D eigenvalue weighted by molar-refractivity contribution is -0.121. The average Bonchev–Trinajstić information content (AvgIpc) is 3.06. The van der Waals surface area contributed by atoms with E-state index in [1.54, 1.807) is 0 Å². The Labute approximate surface area is 190 Å². The number of ether oxygens (including phenoxy) is 1. The number of aryl methyl sites for hydroxylation is 2. The quantitative estimate of drug-likeness (QED) is 0.649. The number of morpholine rings is 1. The Kier molecular flexibility index (Phi) is 6.33. The predicted octanol–water partition coefficient (Wildman–Crippen LogP) is 3.77. The van der Waals surface area contributed by atoms with Crippen molar-refractivity contribution in [3.05, 3.63) is 64.9 Å². The number of anilines is 2. The molecule has 0 bridgehead atoms. The van der Waals surface area contributed by atoms with E-state index in [9.17, 15) is 9.59 Å². The smallest absolute Gasteiger partial charge is 0.282 e. The van der Waals surface area contributed by atoms with Crippen molar-refractivity contribution in [2.45, 2.75) is 27.7 Å². The molecule has 0 N–H and O–H groups in total. The van der Waals surface area contributed by atoms with Crippen molar-refractivity contribution >= 4 is 28.8 Å². The van der Waals surface area contributed by atoms with Gasteiger partial charge in [0.15, 0.2) is 0 Å². The van der Waals surface area contributed by atoms with Crippen molar-refractivity contribution in [2.75, 3.05) is 49.2 Å². The molecular formula is C26H31N3O3. The Morgan fingerprint density at radius 3 is 2.16 bits per heavy atom. The molecule has 2 heterocycles. The molecule has 0 unspecified atom stereocenters. The summed E-state index contributed by atoms with van der Waals surface area (Å²) in [6.07, 6.45) is 0. The van der Waals surface area contributed by atoms with Gasteiger partial charge in [-0.3, -0.25) is 9.59 Å². The highest BCUT2D eigenvalue weighted by Crippen LogP contribution is 2.37. The number of carbonyl (C=O) groups excluding carboxylic acids is 2. The number of amides is 2. The third kappa shape index (κ3) is 3.91. The van der Waals surface area contributed by atoms with Crippen molar-refractivity contribution in [1.29, 1.82) is 0 Å². The summed E-state index contributed by atoms with van der Waals surface area (Å²) in [5, 5.41) is 0. The minimum absolute atomic E-state index is 0.262. The van der Waals surface area contributed by atoms with Gasteiger partial charge in [-0.1, -0.05) is 23.8 Å². The summed E-state index contributed by atoms with van der Waals surface area (Å²) in [6.45, 7) is 12.3. The molecule has 0 spiro atoms. The Morgan fingerprint density at radius 2 is 1.56 bits per heavy atom. The van der Waals surface area contributed by atoms with E-state index in [4.69, 9.17) is 4.74 Å². The lowest BCUT2D eigenvalue weighted by Crippen LogP contribution is -2.40. The molecule has 2 aliphatic rings. The Morgan fingerprint density at radius 1 is 0.906 bits per heavy atom. The molecule has 2 aromatic carbocycles. The Hall–Kier alpha value is -3.12. The zero-order chi connectivity index (χ0) is 22.8. The largest absolute Gasteiger partial charge is 0.378 e. The van der Waals surface area contributed by atoms with E-state index in [1.807, 2.05) is 55.1 Å². The standard InChI is InChI=1S/C26H31N3O3/c1-5-27(6-2)20-8-10-21(11-9-20)29-25(30)23(22-12-7-18(3)17-19(22)4)24(26(29)31)28-13-15-32-16-14-28/h7-12,17H,5-6,13-16H2,1-4H3. The molecule has 0 aliphatic carbocycles. The van der Waals surface area contributed by atoms with Crippen molar-refractivity contribution in [2.24, 2.45) is 0 Å². The highest BCUT2D eigenvalue weighted by Gasteiger charge is 2.43. The van der Waals surface area contributed by atoms with Gasteiger partial charge in [0.2, 0.25) is 0 Å². The number of carbonyl (C=O) groups is 2. The lowest BCUT2D eigenvalue weighted by Gasteiger charge is -2.29. The number of hydrogen-bond donors (Lipinski definition) is 0. The molecule has 168 valence electrons. The number of imide groups is 1. The Balaban J connectivity index is 1.77. The SMILES string of the molecule is CCN(CC)c1ccc(N2C(=O)C(c3ccc(C)cc3C)=C(N3CCOCC3)C2=O)cc1. The first-order valence-electron chi connectivity index (χ1n) is 11.3. The van der Waals surface area contributed by atoms with Gasteiger partial charge in [-0.15, -0.1) is 0 Å². The van der Waals surface area contributed by atoms with Crippen LogP contribution in [0.5, 0.6) is 0 Å². The van der Waals surface area contributed by atoms with E-state index < -0.39 is 0 Å². The normalized spacial score (nSPS) is 16.9. The van der Waals surface area contributed by atoms with Crippen molar-refractivity contribution < 1.29 is 14.3 Å². The van der Waals surface area contributed by atoms with Crippen LogP contribution >= 0.6 is 0 Å². The molecule has 32 heavy (non-hydrogen) atoms. The fraction of sp³-hybridized carbons (Fsp3) is 0.385. The summed E-state index contributed by atoms with van der Waals surface area (Å²) in [7, 11) is 0. The van der Waals surface area contributed by atoms with Crippen LogP contribution in [0.15, 0.2) is 48.2 Å². The average molecular weight is 434 g/mol. The van der Waals surface area contributed by atoms with Gasteiger partial charge in [0, 0.05) is 31.9 Å². The van der Waals surface area contributed by atoms with Crippen LogP contribution in [0.4, 0.5) is 11.4 Å². The van der Waals surface area contributed by atoms with Crippen LogP contribution in [0.2, 0.25) is 0 Å². The number of benzene rings is 2. The second-order valence-electron chi connectivity index (χ2n) is 8.28. The minimum Gasteiger partial charge on any atom is -0.378 e. The van der Waals surface area contributed by atoms with Crippen LogP contribution in [0.3, 0.4) is 0 Å². The van der Waals surface area contributed by atoms with Crippen molar-refractivity contribution in [3.63, 3.8) is 0 Å². The van der Waals surface area contributed by atoms with Crippen molar-refractivity contribution in [1.82, 2.24) is 4.90 Å². The van der Waals surface area contributed by atoms with Crippen molar-refractivity contribution in [3.8, 4) is 0 Å². The molecule has 2 aliphatic heterocycles. The maximum absolute atomic E-state index is 13.7. The molecule has 6 nitrogen and oxygen atoms in total. The molecule has 4 rings (SSSR count). The zero-order valence-electron chi connectivity index (χ0n) is 19.4. The number of rotatable bonds is 6. The van der Waals surface area contributed by atoms with Gasteiger partial charge in [-0.2, -0.15) is 0 Å². The topological polar surface area (TPSA) is 53.1 Å². The lowest BCUT2D eigenvalue weighted by atomic mass is 9.97. The summed E-state index contributed by atoms with van der Waals surface area (Å²) in [6, 6.07) is 13.7. The second kappa shape index (κ2) is 9.17. The molecule has 0 aromatic heterocycles.